The molecule has 1 aromatic rings. The number of aromatic amines is 1. The fraction of sp³-hybridized carbons (Fsp3) is 0.619. The molecule has 1 fully saturated rings. The number of nitrogens with one attached hydrogen (secondary N) is 1. The van der Waals surface area contributed by atoms with Crippen LogP contribution in [0.1, 0.15) is 57.1 Å². The monoisotopic (exact) mass is 440 g/mol. The summed E-state index contributed by atoms with van der Waals surface area (Å²) in [6, 6.07) is 1.38. The molecule has 2 heterocycles. The third kappa shape index (κ3) is 10.2. The first-order chi connectivity index (χ1) is 13.7. The first-order valence-corrected chi connectivity index (χ1v) is 9.58. The summed E-state index contributed by atoms with van der Waals surface area (Å²) >= 11 is 0. The largest absolute Gasteiger partial charge is 1.00 e. The molecule has 1 aliphatic rings. The molecule has 1 saturated heterocycles. The van der Waals surface area contributed by atoms with Crippen molar-refractivity contribution >= 4 is 6.47 Å². The van der Waals surface area contributed by atoms with Gasteiger partial charge in [0.1, 0.15) is 0 Å². The minimum Gasteiger partial charge on any atom is -0.649 e. The Labute approximate surface area is 193 Å². The van der Waals surface area contributed by atoms with Gasteiger partial charge >= 0.3 is 18.9 Å². The van der Waals surface area contributed by atoms with E-state index in [0.717, 1.165) is 0 Å². The molecule has 2 rings (SSSR count). The minimum atomic E-state index is -3.08. The quantitative estimate of drug-likeness (QED) is 0.411. The first kappa shape index (κ1) is 29.7. The van der Waals surface area contributed by atoms with E-state index in [1.165, 1.54) is 18.7 Å². The Kier molecular flexibility index (Phi) is 11.6. The summed E-state index contributed by atoms with van der Waals surface area (Å²) < 4.78 is 58.1. The van der Waals surface area contributed by atoms with Crippen LogP contribution in [-0.2, 0) is 16.1 Å². The number of H-pyrrole nitrogens is 1. The molecule has 0 saturated carbocycles. The Bertz CT molecular complexity index is 741. The molecule has 0 aliphatic carbocycles. The maximum atomic E-state index is 13.7. The van der Waals surface area contributed by atoms with Crippen LogP contribution < -0.4 is 24.4 Å². The number of ether oxygens (including phenoxy) is 1. The molecule has 10 heteroatoms. The third-order valence-electron chi connectivity index (χ3n) is 4.58. The number of rotatable bonds is 6. The van der Waals surface area contributed by atoms with Gasteiger partial charge in [0.2, 0.25) is 5.92 Å². The zero-order valence-corrected chi connectivity index (χ0v) is 18.6. The predicted octanol–water partition coefficient (Wildman–Crippen LogP) is 1.26. The van der Waals surface area contributed by atoms with Crippen LogP contribution in [-0.4, -0.2) is 46.9 Å². The van der Waals surface area contributed by atoms with Gasteiger partial charge in [0.15, 0.2) is 0 Å². The number of carbonyl (C=O) groups excluding carboxylic acids is 1. The van der Waals surface area contributed by atoms with E-state index in [4.69, 9.17) is 0 Å². The zero-order chi connectivity index (χ0) is 23.2. The van der Waals surface area contributed by atoms with Crippen LogP contribution >= 0.6 is 0 Å². The minimum absolute atomic E-state index is 0. The van der Waals surface area contributed by atoms with E-state index in [-0.39, 0.29) is 68.1 Å². The summed E-state index contributed by atoms with van der Waals surface area (Å²) in [5.41, 5.74) is -0.296. The third-order valence-corrected chi connectivity index (χ3v) is 4.58. The van der Waals surface area contributed by atoms with Crippen molar-refractivity contribution in [1.29, 1.82) is 0 Å². The molecule has 0 amide bonds. The van der Waals surface area contributed by atoms with Crippen LogP contribution in [0.4, 0.5) is 17.6 Å². The summed E-state index contributed by atoms with van der Waals surface area (Å²) in [5, 5.41) is 0. The van der Waals surface area contributed by atoms with Gasteiger partial charge in [0.25, 0.3) is 11.5 Å². The molecule has 1 unspecified atom stereocenters. The number of halogens is 4. The van der Waals surface area contributed by atoms with E-state index in [2.05, 4.69) is 23.6 Å². The molecule has 0 bridgehead atoms. The second kappa shape index (κ2) is 12.1. The van der Waals surface area contributed by atoms with Gasteiger partial charge in [-0.2, -0.15) is 0 Å². The van der Waals surface area contributed by atoms with E-state index >= 15 is 0 Å². The van der Waals surface area contributed by atoms with Crippen LogP contribution in [0.2, 0.25) is 0 Å². The fourth-order valence-corrected chi connectivity index (χ4v) is 2.69. The molecule has 0 radical (unpaired) electrons. The number of alkyl halides is 4. The number of hydrogen-bond donors (Lipinski definition) is 1. The average molecular weight is 440 g/mol. The van der Waals surface area contributed by atoms with E-state index < -0.39 is 29.7 Å². The maximum Gasteiger partial charge on any atom is 1.00 e. The summed E-state index contributed by atoms with van der Waals surface area (Å²) in [6.07, 6.45) is 0.0958. The molecular weight excluding hydrogens is 411 g/mol. The number of likely N-dealkylation sites (tertiary alicyclic amines) is 1. The van der Waals surface area contributed by atoms with Crippen molar-refractivity contribution in [1.82, 2.24) is 9.88 Å². The molecular formula is C21H29F4LiN2O3-2. The van der Waals surface area contributed by atoms with Crippen molar-refractivity contribution in [3.8, 4) is 0 Å². The Balaban J connectivity index is 0.000000975. The normalized spacial score (nSPS) is 17.6. The number of aromatic nitrogens is 1. The van der Waals surface area contributed by atoms with Crippen LogP contribution in [0.15, 0.2) is 17.1 Å². The smallest absolute Gasteiger partial charge is 0.649 e. The van der Waals surface area contributed by atoms with Gasteiger partial charge in [-0.3, -0.25) is 9.69 Å². The summed E-state index contributed by atoms with van der Waals surface area (Å²) in [7, 11) is 0. The molecule has 1 N–H and O–H groups in total. The molecule has 31 heavy (non-hydrogen) atoms. The topological polar surface area (TPSA) is 62.4 Å². The number of hydrogen-bond acceptors (Lipinski definition) is 4. The van der Waals surface area contributed by atoms with E-state index in [0.29, 0.717) is 0 Å². The van der Waals surface area contributed by atoms with Crippen molar-refractivity contribution in [3.63, 3.8) is 0 Å². The van der Waals surface area contributed by atoms with Crippen LogP contribution in [0.3, 0.4) is 0 Å². The van der Waals surface area contributed by atoms with Crippen LogP contribution in [0.25, 0.3) is 0 Å². The van der Waals surface area contributed by atoms with Gasteiger partial charge in [-0.25, -0.2) is 17.6 Å². The van der Waals surface area contributed by atoms with Gasteiger partial charge < -0.3 is 28.4 Å². The maximum absolute atomic E-state index is 13.7. The Morgan fingerprint density at radius 3 is 2.26 bits per heavy atom. The number of pyridine rings is 1. The van der Waals surface area contributed by atoms with Crippen LogP contribution in [0, 0.1) is 13.8 Å². The standard InChI is InChI=1S/C16H20F4N2O.C5H9O2.Li/c1-3-16(19,20)11(2)12-8-13(14(23)21-9-12)10-22-6-4-15(17,18)5-7-22;1-5(2,3)7-4-6;/h8-9,11H,1-7,10H2,(H,21,23);1-3H3;/q-2;-1;+1. The molecule has 172 valence electrons. The molecule has 1 aromatic heterocycles. The van der Waals surface area contributed by atoms with Crippen molar-refractivity contribution in [3.05, 3.63) is 47.6 Å². The average Bonchev–Trinajstić information content (AvgIpc) is 2.64. The van der Waals surface area contributed by atoms with Gasteiger partial charge in [-0.15, -0.1) is 6.42 Å². The molecule has 5 nitrogen and oxygen atoms in total. The molecule has 0 aromatic carbocycles. The van der Waals surface area contributed by atoms with Crippen molar-refractivity contribution in [2.45, 2.75) is 69.9 Å². The van der Waals surface area contributed by atoms with E-state index in [1.54, 1.807) is 25.7 Å². The molecule has 1 atom stereocenters. The second-order valence-corrected chi connectivity index (χ2v) is 8.28. The number of piperidine rings is 1. The summed E-state index contributed by atoms with van der Waals surface area (Å²) in [6.45, 7) is 13.9. The van der Waals surface area contributed by atoms with E-state index in [9.17, 15) is 27.2 Å². The fourth-order valence-electron chi connectivity index (χ4n) is 2.69. The van der Waals surface area contributed by atoms with Crippen LogP contribution in [0.5, 0.6) is 0 Å². The summed E-state index contributed by atoms with van der Waals surface area (Å²) in [4.78, 5) is 25.5. The Morgan fingerprint density at radius 2 is 1.84 bits per heavy atom. The van der Waals surface area contributed by atoms with Gasteiger partial charge in [0, 0.05) is 44.2 Å². The number of nitrogens with zero attached hydrogens (tertiary/aromatic N) is 1. The molecule has 1 aliphatic heterocycles. The molecule has 0 spiro atoms. The van der Waals surface area contributed by atoms with E-state index in [1.807, 2.05) is 0 Å². The second-order valence-electron chi connectivity index (χ2n) is 8.28. The van der Waals surface area contributed by atoms with Gasteiger partial charge in [-0.1, -0.05) is 18.0 Å². The first-order valence-electron chi connectivity index (χ1n) is 9.58. The van der Waals surface area contributed by atoms with Gasteiger partial charge in [-0.05, 0) is 26.8 Å². The SMILES string of the molecule is CC(C)(C)O[C-]=O.[CH2-]CC(F)(F)C([CH2-])c1c[nH]c(=O)c(CN2CCC(F)(F)CC2)c1.[Li+]. The zero-order valence-electron chi connectivity index (χ0n) is 18.6. The van der Waals surface area contributed by atoms with Gasteiger partial charge in [0.05, 0.1) is 5.60 Å². The van der Waals surface area contributed by atoms with Crippen molar-refractivity contribution in [2.75, 3.05) is 13.1 Å². The summed E-state index contributed by atoms with van der Waals surface area (Å²) in [5.74, 6) is -7.08. The van der Waals surface area contributed by atoms with Crippen molar-refractivity contribution in [2.24, 2.45) is 0 Å². The van der Waals surface area contributed by atoms with Crippen molar-refractivity contribution < 1.29 is 46.0 Å². The predicted molar refractivity (Wildman–Crippen MR) is 106 cm³/mol. The Morgan fingerprint density at radius 1 is 1.29 bits per heavy atom. The Hall–Kier alpha value is -1.30.